The molecule has 0 bridgehead atoms. The molecule has 0 radical (unpaired) electrons. The van der Waals surface area contributed by atoms with Gasteiger partial charge in [0, 0.05) is 54.2 Å². The van der Waals surface area contributed by atoms with Gasteiger partial charge >= 0.3 is 0 Å². The summed E-state index contributed by atoms with van der Waals surface area (Å²) in [4.78, 5) is 23.7. The summed E-state index contributed by atoms with van der Waals surface area (Å²) in [5.41, 5.74) is 2.94. The van der Waals surface area contributed by atoms with Crippen LogP contribution in [0.1, 0.15) is 23.2 Å². The van der Waals surface area contributed by atoms with E-state index in [2.05, 4.69) is 20.2 Å². The number of nitrogens with zero attached hydrogens (tertiary/aromatic N) is 3. The third-order valence-corrected chi connectivity index (χ3v) is 5.13. The van der Waals surface area contributed by atoms with Crippen LogP contribution >= 0.6 is 0 Å². The molecule has 7 heteroatoms. The van der Waals surface area contributed by atoms with Crippen molar-refractivity contribution in [1.29, 1.82) is 0 Å². The third-order valence-electron chi connectivity index (χ3n) is 5.13. The highest BCUT2D eigenvalue weighted by atomic mass is 16.5. The van der Waals surface area contributed by atoms with Gasteiger partial charge in [0.25, 0.3) is 5.91 Å². The Morgan fingerprint density at radius 2 is 1.60 bits per heavy atom. The maximum Gasteiger partial charge on any atom is 0.255 e. The lowest BCUT2D eigenvalue weighted by Crippen LogP contribution is -2.19. The van der Waals surface area contributed by atoms with Gasteiger partial charge in [0.15, 0.2) is 0 Å². The maximum absolute atomic E-state index is 12.7. The zero-order valence-corrected chi connectivity index (χ0v) is 17.1. The van der Waals surface area contributed by atoms with E-state index in [1.807, 2.05) is 18.2 Å². The van der Waals surface area contributed by atoms with Crippen molar-refractivity contribution < 1.29 is 14.3 Å². The van der Waals surface area contributed by atoms with Crippen molar-refractivity contribution in [1.82, 2.24) is 9.97 Å². The van der Waals surface area contributed by atoms with Gasteiger partial charge in [0.1, 0.15) is 23.6 Å². The average molecular weight is 404 g/mol. The Morgan fingerprint density at radius 1 is 0.933 bits per heavy atom. The predicted molar refractivity (Wildman–Crippen MR) is 116 cm³/mol. The number of carbonyl (C=O) groups excluding carboxylic acids is 1. The van der Waals surface area contributed by atoms with Crippen molar-refractivity contribution >= 4 is 17.4 Å². The van der Waals surface area contributed by atoms with Crippen molar-refractivity contribution in [2.24, 2.45) is 0 Å². The summed E-state index contributed by atoms with van der Waals surface area (Å²) in [6.45, 7) is 2.06. The molecule has 2 aromatic carbocycles. The maximum atomic E-state index is 12.7. The smallest absolute Gasteiger partial charge is 0.255 e. The molecule has 2 heterocycles. The number of hydrogen-bond acceptors (Lipinski definition) is 6. The number of aromatic nitrogens is 2. The first-order chi connectivity index (χ1) is 14.7. The van der Waals surface area contributed by atoms with Crippen LogP contribution in [0.25, 0.3) is 11.3 Å². The number of benzene rings is 2. The fourth-order valence-electron chi connectivity index (χ4n) is 3.50. The minimum Gasteiger partial charge on any atom is -0.497 e. The highest BCUT2D eigenvalue weighted by Crippen LogP contribution is 2.27. The van der Waals surface area contributed by atoms with E-state index in [4.69, 9.17) is 9.47 Å². The minimum atomic E-state index is -0.211. The molecule has 0 atom stereocenters. The Balaban J connectivity index is 1.50. The molecule has 1 fully saturated rings. The van der Waals surface area contributed by atoms with Gasteiger partial charge in [0.05, 0.1) is 19.9 Å². The molecule has 3 aromatic rings. The van der Waals surface area contributed by atoms with Crippen molar-refractivity contribution in [3.05, 3.63) is 60.4 Å². The molecule has 0 aliphatic carbocycles. The molecule has 0 unspecified atom stereocenters. The van der Waals surface area contributed by atoms with Crippen LogP contribution in [0.4, 0.5) is 11.5 Å². The Bertz CT molecular complexity index is 1010. The van der Waals surface area contributed by atoms with E-state index in [0.29, 0.717) is 22.7 Å². The molecule has 1 aliphatic rings. The van der Waals surface area contributed by atoms with Crippen molar-refractivity contribution in [2.45, 2.75) is 12.8 Å². The Morgan fingerprint density at radius 3 is 2.23 bits per heavy atom. The molecule has 1 N–H and O–H groups in total. The van der Waals surface area contributed by atoms with Gasteiger partial charge in [-0.3, -0.25) is 4.79 Å². The summed E-state index contributed by atoms with van der Waals surface area (Å²) < 4.78 is 10.5. The lowest BCUT2D eigenvalue weighted by atomic mass is 10.1. The Labute approximate surface area is 175 Å². The molecule has 30 heavy (non-hydrogen) atoms. The molecule has 1 amide bonds. The van der Waals surface area contributed by atoms with Gasteiger partial charge in [-0.1, -0.05) is 12.1 Å². The lowest BCUT2D eigenvalue weighted by Gasteiger charge is -2.16. The summed E-state index contributed by atoms with van der Waals surface area (Å²) in [6, 6.07) is 14.6. The number of rotatable bonds is 6. The first-order valence-electron chi connectivity index (χ1n) is 9.88. The quantitative estimate of drug-likeness (QED) is 0.669. The number of methoxy groups -OCH3 is 2. The molecule has 1 aliphatic heterocycles. The predicted octanol–water partition coefficient (Wildman–Crippen LogP) is 4.01. The van der Waals surface area contributed by atoms with Gasteiger partial charge in [-0.25, -0.2) is 9.97 Å². The van der Waals surface area contributed by atoms with Crippen molar-refractivity contribution in [3.8, 4) is 22.8 Å². The summed E-state index contributed by atoms with van der Waals surface area (Å²) in [6.07, 6.45) is 3.99. The number of anilines is 2. The minimum absolute atomic E-state index is 0.211. The topological polar surface area (TPSA) is 76.6 Å². The molecular weight excluding hydrogens is 380 g/mol. The summed E-state index contributed by atoms with van der Waals surface area (Å²) >= 11 is 0. The van der Waals surface area contributed by atoms with E-state index in [9.17, 15) is 4.79 Å². The number of hydrogen-bond donors (Lipinski definition) is 1. The average Bonchev–Trinajstić information content (AvgIpc) is 3.34. The van der Waals surface area contributed by atoms with Crippen LogP contribution in [-0.2, 0) is 0 Å². The van der Waals surface area contributed by atoms with Crippen LogP contribution < -0.4 is 19.7 Å². The highest BCUT2D eigenvalue weighted by molar-refractivity contribution is 6.04. The van der Waals surface area contributed by atoms with E-state index >= 15 is 0 Å². The SMILES string of the molecule is COc1cc(NC(=O)c2ccc(-c3cc(N4CCCC4)ncn3)cc2)cc(OC)c1. The first-order valence-corrected chi connectivity index (χ1v) is 9.88. The third kappa shape index (κ3) is 4.35. The monoisotopic (exact) mass is 404 g/mol. The van der Waals surface area contributed by atoms with Crippen molar-refractivity contribution in [3.63, 3.8) is 0 Å². The molecule has 7 nitrogen and oxygen atoms in total. The van der Waals surface area contributed by atoms with E-state index in [1.165, 1.54) is 12.8 Å². The Hall–Kier alpha value is -3.61. The second-order valence-corrected chi connectivity index (χ2v) is 7.09. The lowest BCUT2D eigenvalue weighted by molar-refractivity contribution is 0.102. The second-order valence-electron chi connectivity index (χ2n) is 7.09. The molecule has 1 saturated heterocycles. The molecule has 4 rings (SSSR count). The molecule has 0 saturated carbocycles. The Kier molecular flexibility index (Phi) is 5.79. The zero-order chi connectivity index (χ0) is 20.9. The van der Waals surface area contributed by atoms with Gasteiger partial charge in [0.2, 0.25) is 0 Å². The van der Waals surface area contributed by atoms with Crippen LogP contribution in [0, 0.1) is 0 Å². The number of carbonyl (C=O) groups is 1. The molecular formula is C23H24N4O3. The van der Waals surface area contributed by atoms with Crippen molar-refractivity contribution in [2.75, 3.05) is 37.5 Å². The van der Waals surface area contributed by atoms with Gasteiger partial charge < -0.3 is 19.7 Å². The summed E-state index contributed by atoms with van der Waals surface area (Å²) in [7, 11) is 3.14. The fourth-order valence-corrected chi connectivity index (χ4v) is 3.50. The normalized spacial score (nSPS) is 13.2. The van der Waals surface area contributed by atoms with Crippen LogP contribution in [0.3, 0.4) is 0 Å². The zero-order valence-electron chi connectivity index (χ0n) is 17.1. The number of nitrogens with one attached hydrogen (secondary N) is 1. The molecule has 1 aromatic heterocycles. The number of amides is 1. The van der Waals surface area contributed by atoms with Gasteiger partial charge in [-0.05, 0) is 25.0 Å². The van der Waals surface area contributed by atoms with Crippen LogP contribution in [0.2, 0.25) is 0 Å². The molecule has 0 spiro atoms. The fraction of sp³-hybridized carbons (Fsp3) is 0.261. The molecule has 154 valence electrons. The standard InChI is InChI=1S/C23H24N4O3/c1-29-19-11-18(12-20(13-19)30-2)26-23(28)17-7-5-16(6-8-17)21-14-22(25-15-24-21)27-9-3-4-10-27/h5-8,11-15H,3-4,9-10H2,1-2H3,(H,26,28). The van der Waals surface area contributed by atoms with E-state index in [0.717, 1.165) is 30.2 Å². The van der Waals surface area contributed by atoms with Gasteiger partial charge in [-0.2, -0.15) is 0 Å². The van der Waals surface area contributed by atoms with Crippen LogP contribution in [-0.4, -0.2) is 43.2 Å². The second kappa shape index (κ2) is 8.82. The largest absolute Gasteiger partial charge is 0.497 e. The van der Waals surface area contributed by atoms with E-state index in [-0.39, 0.29) is 5.91 Å². The first kappa shape index (κ1) is 19.7. The number of ether oxygens (including phenoxy) is 2. The highest BCUT2D eigenvalue weighted by Gasteiger charge is 2.15. The van der Waals surface area contributed by atoms with Gasteiger partial charge in [-0.15, -0.1) is 0 Å². The van der Waals surface area contributed by atoms with E-state index in [1.54, 1.807) is 50.9 Å². The summed E-state index contributed by atoms with van der Waals surface area (Å²) in [5, 5.41) is 2.88. The summed E-state index contributed by atoms with van der Waals surface area (Å²) in [5.74, 6) is 1.96. The van der Waals surface area contributed by atoms with Crippen LogP contribution in [0.15, 0.2) is 54.9 Å². The van der Waals surface area contributed by atoms with Crippen LogP contribution in [0.5, 0.6) is 11.5 Å². The van der Waals surface area contributed by atoms with E-state index < -0.39 is 0 Å².